The molecule has 0 fully saturated rings. The molecule has 1 rings (SSSR count). The molecule has 0 unspecified atom stereocenters. The summed E-state index contributed by atoms with van der Waals surface area (Å²) in [4.78, 5) is 6.99. The van der Waals surface area contributed by atoms with Crippen molar-refractivity contribution in [1.29, 1.82) is 0 Å². The smallest absolute Gasteiger partial charge is 0.317 e. The molecule has 1 heterocycles. The average molecular weight is 227 g/mol. The summed E-state index contributed by atoms with van der Waals surface area (Å²) < 4.78 is 32.2. The number of nitrogens with zero attached hydrogens (tertiary/aromatic N) is 2. The van der Waals surface area contributed by atoms with Gasteiger partial charge in [-0.2, -0.15) is 4.98 Å². The third kappa shape index (κ3) is 1.58. The summed E-state index contributed by atoms with van der Waals surface area (Å²) in [6.45, 7) is 0. The molecule has 0 amide bonds. The SMILES string of the molecule is [2H]c1nc(OC([2H])([2H])[2H])nc(Cl)c1Br. The first-order valence-corrected chi connectivity index (χ1v) is 3.35. The fourth-order valence-electron chi connectivity index (χ4n) is 0.347. The number of ether oxygens (including phenoxy) is 1. The maximum Gasteiger partial charge on any atom is 0.317 e. The highest BCUT2D eigenvalue weighted by Crippen LogP contribution is 2.19. The van der Waals surface area contributed by atoms with Gasteiger partial charge in [-0.3, -0.25) is 0 Å². The predicted octanol–water partition coefficient (Wildman–Crippen LogP) is 1.90. The molecule has 0 aromatic carbocycles. The maximum atomic E-state index is 7.26. The average Bonchev–Trinajstić information content (AvgIpc) is 1.96. The summed E-state index contributed by atoms with van der Waals surface area (Å²) in [5.74, 6) is 0. The van der Waals surface area contributed by atoms with E-state index in [-0.39, 0.29) is 15.8 Å². The molecule has 3 nitrogen and oxygen atoms in total. The molecule has 0 spiro atoms. The summed E-state index contributed by atoms with van der Waals surface area (Å²) in [6, 6.07) is -0.441. The van der Waals surface area contributed by atoms with Crippen LogP contribution in [0, 0.1) is 0 Å². The molecule has 0 aliphatic heterocycles. The van der Waals surface area contributed by atoms with Gasteiger partial charge < -0.3 is 4.74 Å². The topological polar surface area (TPSA) is 35.0 Å². The van der Waals surface area contributed by atoms with Crippen molar-refractivity contribution < 1.29 is 10.2 Å². The first kappa shape index (κ1) is 3.88. The van der Waals surface area contributed by atoms with Crippen LogP contribution >= 0.6 is 27.5 Å². The van der Waals surface area contributed by atoms with E-state index in [9.17, 15) is 0 Å². The van der Waals surface area contributed by atoms with Crippen LogP contribution in [0.1, 0.15) is 5.48 Å². The van der Waals surface area contributed by atoms with E-state index in [1.807, 2.05) is 0 Å². The van der Waals surface area contributed by atoms with Crippen molar-refractivity contribution in [3.05, 3.63) is 15.8 Å². The third-order valence-electron chi connectivity index (χ3n) is 0.716. The van der Waals surface area contributed by atoms with Crippen molar-refractivity contribution in [3.8, 4) is 6.01 Å². The lowest BCUT2D eigenvalue weighted by atomic mass is 10.7. The van der Waals surface area contributed by atoms with Crippen LogP contribution in [-0.2, 0) is 0 Å². The lowest BCUT2D eigenvalue weighted by Crippen LogP contribution is -1.91. The van der Waals surface area contributed by atoms with Gasteiger partial charge in [-0.1, -0.05) is 11.6 Å². The summed E-state index contributed by atoms with van der Waals surface area (Å²) >= 11 is 8.52. The van der Waals surface area contributed by atoms with E-state index in [0.717, 1.165) is 0 Å². The highest BCUT2D eigenvalue weighted by molar-refractivity contribution is 9.10. The molecule has 0 aliphatic carbocycles. The fraction of sp³-hybridized carbons (Fsp3) is 0.200. The molecule has 0 saturated heterocycles. The zero-order valence-electron chi connectivity index (χ0n) is 8.56. The van der Waals surface area contributed by atoms with E-state index >= 15 is 0 Å². The van der Waals surface area contributed by atoms with Gasteiger partial charge in [-0.05, 0) is 15.9 Å². The molecule has 10 heavy (non-hydrogen) atoms. The minimum atomic E-state index is -2.65. The lowest BCUT2D eigenvalue weighted by molar-refractivity contribution is 0.379. The van der Waals surface area contributed by atoms with Crippen LogP contribution in [0.4, 0.5) is 0 Å². The van der Waals surface area contributed by atoms with Crippen molar-refractivity contribution in [2.24, 2.45) is 0 Å². The first-order chi connectivity index (χ1) is 6.29. The maximum absolute atomic E-state index is 7.26. The minimum Gasteiger partial charge on any atom is -0.467 e. The zero-order valence-corrected chi connectivity index (χ0v) is 6.90. The van der Waals surface area contributed by atoms with Gasteiger partial charge >= 0.3 is 6.01 Å². The van der Waals surface area contributed by atoms with Gasteiger partial charge in [-0.25, -0.2) is 4.98 Å². The molecule has 0 aliphatic rings. The summed E-state index contributed by atoms with van der Waals surface area (Å²) in [5.41, 5.74) is 0. The molecule has 1 aromatic rings. The Balaban J connectivity index is 3.02. The molecule has 1 aromatic heterocycles. The standard InChI is InChI=1S/C5H4BrClN2O/c1-10-5-8-2-3(6)4(7)9-5/h2H,1H3/i1D3,2D. The fourth-order valence-corrected chi connectivity index (χ4v) is 0.639. The van der Waals surface area contributed by atoms with E-state index in [1.165, 1.54) is 0 Å². The van der Waals surface area contributed by atoms with Crippen molar-refractivity contribution in [3.63, 3.8) is 0 Å². The van der Waals surface area contributed by atoms with E-state index in [0.29, 0.717) is 0 Å². The Morgan fingerprint density at radius 2 is 2.80 bits per heavy atom. The van der Waals surface area contributed by atoms with Crippen LogP contribution in [0.25, 0.3) is 0 Å². The summed E-state index contributed by atoms with van der Waals surface area (Å²) in [5, 5.41) is -0.0655. The second-order valence-corrected chi connectivity index (χ2v) is 2.48. The van der Waals surface area contributed by atoms with Crippen molar-refractivity contribution in [2.75, 3.05) is 7.04 Å². The Labute approximate surface area is 77.1 Å². The van der Waals surface area contributed by atoms with Crippen LogP contribution in [0.15, 0.2) is 10.6 Å². The zero-order chi connectivity index (χ0) is 10.9. The number of halogens is 2. The molecule has 0 N–H and O–H groups in total. The van der Waals surface area contributed by atoms with E-state index < -0.39 is 13.0 Å². The van der Waals surface area contributed by atoms with Gasteiger partial charge in [-0.15, -0.1) is 0 Å². The van der Waals surface area contributed by atoms with Crippen molar-refractivity contribution in [1.82, 2.24) is 9.97 Å². The first-order valence-electron chi connectivity index (χ1n) is 4.18. The predicted molar refractivity (Wildman–Crippen MR) is 41.3 cm³/mol. The van der Waals surface area contributed by atoms with Gasteiger partial charge in [0.1, 0.15) is 0 Å². The molecular weight excluding hydrogens is 219 g/mol. The Morgan fingerprint density at radius 3 is 3.40 bits per heavy atom. The molecule has 0 radical (unpaired) electrons. The van der Waals surface area contributed by atoms with E-state index in [1.54, 1.807) is 0 Å². The molecule has 0 bridgehead atoms. The number of aromatic nitrogens is 2. The van der Waals surface area contributed by atoms with Crippen LogP contribution in [0.5, 0.6) is 6.01 Å². The Bertz CT molecular complexity index is 335. The van der Waals surface area contributed by atoms with Crippen LogP contribution in [0.3, 0.4) is 0 Å². The molecule has 5 heteroatoms. The summed E-state index contributed by atoms with van der Waals surface area (Å²) in [6.07, 6.45) is -0.232. The van der Waals surface area contributed by atoms with Crippen LogP contribution < -0.4 is 4.74 Å². The summed E-state index contributed by atoms with van der Waals surface area (Å²) in [7, 11) is -2.65. The number of hydrogen-bond donors (Lipinski definition) is 0. The second-order valence-electron chi connectivity index (χ2n) is 1.32. The quantitative estimate of drug-likeness (QED) is 0.688. The van der Waals surface area contributed by atoms with Gasteiger partial charge in [0, 0.05) is 6.17 Å². The van der Waals surface area contributed by atoms with Crippen LogP contribution in [0.2, 0.25) is 5.15 Å². The van der Waals surface area contributed by atoms with Gasteiger partial charge in [0.25, 0.3) is 0 Å². The second kappa shape index (κ2) is 3.16. The molecule has 0 saturated carbocycles. The monoisotopic (exact) mass is 226 g/mol. The Hall–Kier alpha value is -0.350. The van der Waals surface area contributed by atoms with Gasteiger partial charge in [0.2, 0.25) is 0 Å². The normalized spacial score (nSPS) is 16.6. The highest BCUT2D eigenvalue weighted by atomic mass is 79.9. The molecule has 54 valence electrons. The Kier molecular flexibility index (Phi) is 1.23. The molecular formula is C5H4BrClN2O. The van der Waals surface area contributed by atoms with E-state index in [2.05, 4.69) is 30.6 Å². The van der Waals surface area contributed by atoms with Gasteiger partial charge in [0.05, 0.1) is 17.0 Å². The molecule has 0 atom stereocenters. The van der Waals surface area contributed by atoms with Crippen molar-refractivity contribution >= 4 is 27.5 Å². The third-order valence-corrected chi connectivity index (χ3v) is 1.77. The largest absolute Gasteiger partial charge is 0.467 e. The number of hydrogen-bond acceptors (Lipinski definition) is 3. The Morgan fingerprint density at radius 1 is 2.00 bits per heavy atom. The minimum absolute atomic E-state index is 0.0655. The lowest BCUT2D eigenvalue weighted by Gasteiger charge is -1.97. The van der Waals surface area contributed by atoms with E-state index in [4.69, 9.17) is 17.1 Å². The van der Waals surface area contributed by atoms with Crippen molar-refractivity contribution in [2.45, 2.75) is 0 Å². The van der Waals surface area contributed by atoms with Gasteiger partial charge in [0.15, 0.2) is 5.15 Å². The highest BCUT2D eigenvalue weighted by Gasteiger charge is 2.00. The number of rotatable bonds is 1. The van der Waals surface area contributed by atoms with Crippen LogP contribution in [-0.4, -0.2) is 17.0 Å². The number of methoxy groups -OCH3 is 1.